The average molecular weight is 261 g/mol. The summed E-state index contributed by atoms with van der Waals surface area (Å²) in [5.74, 6) is 0.0468. The van der Waals surface area contributed by atoms with Crippen molar-refractivity contribution in [3.63, 3.8) is 0 Å². The van der Waals surface area contributed by atoms with E-state index in [1.807, 2.05) is 19.1 Å². The molecule has 0 bridgehead atoms. The maximum atomic E-state index is 12.3. The van der Waals surface area contributed by atoms with Gasteiger partial charge < -0.3 is 15.5 Å². The number of carbonyl (C=O) groups excluding carboxylic acids is 2. The van der Waals surface area contributed by atoms with Crippen LogP contribution in [-0.2, 0) is 4.79 Å². The van der Waals surface area contributed by atoms with Crippen molar-refractivity contribution in [2.75, 3.05) is 31.9 Å². The maximum Gasteiger partial charge on any atom is 0.254 e. The van der Waals surface area contributed by atoms with Crippen LogP contribution in [0.2, 0.25) is 0 Å². The molecule has 5 nitrogen and oxygen atoms in total. The average Bonchev–Trinajstić information content (AvgIpc) is 2.37. The number of amides is 2. The van der Waals surface area contributed by atoms with Crippen LogP contribution >= 0.6 is 0 Å². The van der Waals surface area contributed by atoms with Crippen LogP contribution in [0, 0.1) is 6.92 Å². The molecule has 1 aromatic carbocycles. The molecule has 1 aromatic rings. The fraction of sp³-hybridized carbons (Fsp3) is 0.429. The molecule has 0 spiro atoms. The highest BCUT2D eigenvalue weighted by atomic mass is 16.2. The summed E-state index contributed by atoms with van der Waals surface area (Å²) < 4.78 is 0. The van der Waals surface area contributed by atoms with E-state index < -0.39 is 0 Å². The third kappa shape index (κ3) is 3.05. The Bertz CT molecular complexity index is 485. The second-order valence-corrected chi connectivity index (χ2v) is 4.93. The standard InChI is InChI=1S/C14H19N3O2/c1-10-7-12(9-13(15)8-10)14(19)17-5-3-16(4-6-17)11(2)18/h7-9H,3-6,15H2,1-2H3. The minimum atomic E-state index is -0.0152. The number of nitrogen functional groups attached to an aromatic ring is 1. The van der Waals surface area contributed by atoms with Gasteiger partial charge in [-0.2, -0.15) is 0 Å². The Kier molecular flexibility index (Phi) is 3.74. The van der Waals surface area contributed by atoms with Gasteiger partial charge in [-0.3, -0.25) is 9.59 Å². The van der Waals surface area contributed by atoms with E-state index in [4.69, 9.17) is 5.73 Å². The first kappa shape index (κ1) is 13.4. The molecule has 0 unspecified atom stereocenters. The van der Waals surface area contributed by atoms with Crippen LogP contribution < -0.4 is 5.73 Å². The third-order valence-corrected chi connectivity index (χ3v) is 3.36. The number of hydrogen-bond donors (Lipinski definition) is 1. The maximum absolute atomic E-state index is 12.3. The zero-order valence-corrected chi connectivity index (χ0v) is 11.3. The van der Waals surface area contributed by atoms with E-state index in [0.29, 0.717) is 37.4 Å². The largest absolute Gasteiger partial charge is 0.399 e. The number of aryl methyl sites for hydroxylation is 1. The molecule has 0 atom stereocenters. The van der Waals surface area contributed by atoms with Crippen molar-refractivity contribution in [2.45, 2.75) is 13.8 Å². The summed E-state index contributed by atoms with van der Waals surface area (Å²) in [6.07, 6.45) is 0. The van der Waals surface area contributed by atoms with Gasteiger partial charge in [-0.05, 0) is 30.7 Å². The van der Waals surface area contributed by atoms with Crippen LogP contribution in [0.1, 0.15) is 22.8 Å². The van der Waals surface area contributed by atoms with Gasteiger partial charge in [-0.25, -0.2) is 0 Å². The number of hydrogen-bond acceptors (Lipinski definition) is 3. The number of anilines is 1. The molecule has 0 aromatic heterocycles. The summed E-state index contributed by atoms with van der Waals surface area (Å²) in [5.41, 5.74) is 7.96. The zero-order chi connectivity index (χ0) is 14.0. The normalized spacial score (nSPS) is 15.5. The van der Waals surface area contributed by atoms with Crippen molar-refractivity contribution in [3.8, 4) is 0 Å². The van der Waals surface area contributed by atoms with Crippen LogP contribution in [0.4, 0.5) is 5.69 Å². The number of rotatable bonds is 1. The van der Waals surface area contributed by atoms with Crippen molar-refractivity contribution in [3.05, 3.63) is 29.3 Å². The molecule has 0 aliphatic carbocycles. The van der Waals surface area contributed by atoms with Crippen LogP contribution in [-0.4, -0.2) is 47.8 Å². The number of nitrogens with zero attached hydrogens (tertiary/aromatic N) is 2. The van der Waals surface area contributed by atoms with Gasteiger partial charge in [0.05, 0.1) is 0 Å². The lowest BCUT2D eigenvalue weighted by molar-refractivity contribution is -0.130. The molecule has 0 radical (unpaired) electrons. The van der Waals surface area contributed by atoms with Crippen molar-refractivity contribution >= 4 is 17.5 Å². The summed E-state index contributed by atoms with van der Waals surface area (Å²) in [4.78, 5) is 27.1. The van der Waals surface area contributed by atoms with E-state index in [0.717, 1.165) is 5.56 Å². The van der Waals surface area contributed by atoms with Gasteiger partial charge in [-0.15, -0.1) is 0 Å². The van der Waals surface area contributed by atoms with Crippen molar-refractivity contribution < 1.29 is 9.59 Å². The lowest BCUT2D eigenvalue weighted by atomic mass is 10.1. The van der Waals surface area contributed by atoms with Crippen molar-refractivity contribution in [2.24, 2.45) is 0 Å². The van der Waals surface area contributed by atoms with Crippen LogP contribution in [0.15, 0.2) is 18.2 Å². The summed E-state index contributed by atoms with van der Waals surface area (Å²) in [6.45, 7) is 5.82. The Balaban J connectivity index is 2.07. The molecule has 1 heterocycles. The van der Waals surface area contributed by atoms with Gasteiger partial charge in [0.25, 0.3) is 5.91 Å². The molecule has 2 N–H and O–H groups in total. The Morgan fingerprint density at radius 1 is 1.05 bits per heavy atom. The SMILES string of the molecule is CC(=O)N1CCN(C(=O)c2cc(C)cc(N)c2)CC1. The molecule has 5 heteroatoms. The van der Waals surface area contributed by atoms with Gasteiger partial charge in [0.15, 0.2) is 0 Å². The van der Waals surface area contributed by atoms with Gasteiger partial charge in [-0.1, -0.05) is 0 Å². The highest BCUT2D eigenvalue weighted by Gasteiger charge is 2.23. The van der Waals surface area contributed by atoms with Crippen molar-refractivity contribution in [1.29, 1.82) is 0 Å². The van der Waals surface area contributed by atoms with Gasteiger partial charge in [0.2, 0.25) is 5.91 Å². The molecular weight excluding hydrogens is 242 g/mol. The molecule has 1 saturated heterocycles. The van der Waals surface area contributed by atoms with E-state index >= 15 is 0 Å². The Labute approximate surface area is 113 Å². The minimum Gasteiger partial charge on any atom is -0.399 e. The smallest absolute Gasteiger partial charge is 0.254 e. The second kappa shape index (κ2) is 5.30. The predicted octanol–water partition coefficient (Wildman–Crippen LogP) is 0.882. The van der Waals surface area contributed by atoms with Gasteiger partial charge >= 0.3 is 0 Å². The lowest BCUT2D eigenvalue weighted by Gasteiger charge is -2.34. The predicted molar refractivity (Wildman–Crippen MR) is 73.7 cm³/mol. The molecule has 2 amide bonds. The van der Waals surface area contributed by atoms with Gasteiger partial charge in [0, 0.05) is 44.4 Å². The zero-order valence-electron chi connectivity index (χ0n) is 11.3. The monoisotopic (exact) mass is 261 g/mol. The fourth-order valence-electron chi connectivity index (χ4n) is 2.34. The van der Waals surface area contributed by atoms with Crippen molar-refractivity contribution in [1.82, 2.24) is 9.80 Å². The number of nitrogens with two attached hydrogens (primary N) is 1. The first-order chi connectivity index (χ1) is 8.97. The van der Waals surface area contributed by atoms with E-state index in [1.54, 1.807) is 22.8 Å². The quantitative estimate of drug-likeness (QED) is 0.763. The highest BCUT2D eigenvalue weighted by Crippen LogP contribution is 2.14. The first-order valence-electron chi connectivity index (χ1n) is 6.39. The van der Waals surface area contributed by atoms with Gasteiger partial charge in [0.1, 0.15) is 0 Å². The molecule has 1 aliphatic rings. The van der Waals surface area contributed by atoms with E-state index in [9.17, 15) is 9.59 Å². The van der Waals surface area contributed by atoms with E-state index in [1.165, 1.54) is 0 Å². The molecule has 2 rings (SSSR count). The Hall–Kier alpha value is -2.04. The minimum absolute atomic E-state index is 0.0152. The number of piperazine rings is 1. The topological polar surface area (TPSA) is 66.6 Å². The number of carbonyl (C=O) groups is 2. The summed E-state index contributed by atoms with van der Waals surface area (Å²) in [5, 5.41) is 0. The van der Waals surface area contributed by atoms with Crippen LogP contribution in [0.5, 0.6) is 0 Å². The van der Waals surface area contributed by atoms with Crippen LogP contribution in [0.25, 0.3) is 0 Å². The number of benzene rings is 1. The summed E-state index contributed by atoms with van der Waals surface area (Å²) in [6, 6.07) is 5.38. The highest BCUT2D eigenvalue weighted by molar-refractivity contribution is 5.95. The Morgan fingerprint density at radius 3 is 2.16 bits per heavy atom. The second-order valence-electron chi connectivity index (χ2n) is 4.93. The first-order valence-corrected chi connectivity index (χ1v) is 6.39. The van der Waals surface area contributed by atoms with Crippen LogP contribution in [0.3, 0.4) is 0 Å². The molecule has 102 valence electrons. The molecule has 1 aliphatic heterocycles. The molecule has 0 saturated carbocycles. The fourth-order valence-corrected chi connectivity index (χ4v) is 2.34. The van der Waals surface area contributed by atoms with E-state index in [2.05, 4.69) is 0 Å². The summed E-state index contributed by atoms with van der Waals surface area (Å²) >= 11 is 0. The molecule has 19 heavy (non-hydrogen) atoms. The Morgan fingerprint density at radius 2 is 1.63 bits per heavy atom. The molecular formula is C14H19N3O2. The lowest BCUT2D eigenvalue weighted by Crippen LogP contribution is -2.50. The third-order valence-electron chi connectivity index (χ3n) is 3.36. The molecule has 1 fully saturated rings. The van der Waals surface area contributed by atoms with E-state index in [-0.39, 0.29) is 11.8 Å². The summed E-state index contributed by atoms with van der Waals surface area (Å²) in [7, 11) is 0.